The van der Waals surface area contributed by atoms with Gasteiger partial charge in [0, 0.05) is 37.0 Å². The van der Waals surface area contributed by atoms with Gasteiger partial charge in [-0.1, -0.05) is 17.8 Å². The molecule has 3 aromatic rings. The molecule has 1 aliphatic carbocycles. The number of pyridine rings is 1. The van der Waals surface area contributed by atoms with Crippen LogP contribution in [0.3, 0.4) is 0 Å². The Morgan fingerprint density at radius 3 is 2.88 bits per heavy atom. The summed E-state index contributed by atoms with van der Waals surface area (Å²) in [6.07, 6.45) is -1.13. The Morgan fingerprint density at radius 1 is 1.28 bits per heavy atom. The van der Waals surface area contributed by atoms with E-state index in [0.717, 1.165) is 55.1 Å². The number of likely N-dealkylation sites (tertiary alicyclic amines) is 1. The molecular weight excluding hydrogens is 441 g/mol. The van der Waals surface area contributed by atoms with Crippen molar-refractivity contribution < 1.29 is 17.6 Å². The number of hydrogen-bond acceptors (Lipinski definition) is 7. The molecule has 0 spiro atoms. The van der Waals surface area contributed by atoms with E-state index in [-0.39, 0.29) is 5.41 Å². The molecule has 7 nitrogen and oxygen atoms in total. The minimum Gasteiger partial charge on any atom is -0.440 e. The number of nitrogens with zero attached hydrogens (tertiary/aromatic N) is 6. The van der Waals surface area contributed by atoms with Crippen molar-refractivity contribution in [2.45, 2.75) is 36.5 Å². The summed E-state index contributed by atoms with van der Waals surface area (Å²) in [5.41, 5.74) is 0.354. The normalized spacial score (nSPS) is 23.0. The average molecular weight is 465 g/mol. The maximum atomic E-state index is 13.0. The van der Waals surface area contributed by atoms with E-state index in [9.17, 15) is 13.2 Å². The van der Waals surface area contributed by atoms with Gasteiger partial charge in [0.05, 0.1) is 5.69 Å². The van der Waals surface area contributed by atoms with Crippen LogP contribution in [0.4, 0.5) is 13.2 Å². The van der Waals surface area contributed by atoms with Gasteiger partial charge >= 0.3 is 6.18 Å². The first-order chi connectivity index (χ1) is 15.3. The van der Waals surface area contributed by atoms with E-state index in [0.29, 0.717) is 23.2 Å². The zero-order valence-corrected chi connectivity index (χ0v) is 18.6. The summed E-state index contributed by atoms with van der Waals surface area (Å²) in [5.74, 6) is 2.55. The number of rotatable bonds is 7. The fourth-order valence-electron chi connectivity index (χ4n) is 4.63. The highest BCUT2D eigenvalue weighted by atomic mass is 32.2. The summed E-state index contributed by atoms with van der Waals surface area (Å²) in [7, 11) is 1.90. The van der Waals surface area contributed by atoms with Gasteiger partial charge in [-0.05, 0) is 44.4 Å². The van der Waals surface area contributed by atoms with E-state index in [1.807, 2.05) is 18.5 Å². The van der Waals surface area contributed by atoms with Gasteiger partial charge in [0.25, 0.3) is 0 Å². The van der Waals surface area contributed by atoms with E-state index in [2.05, 4.69) is 25.1 Å². The van der Waals surface area contributed by atoms with Crippen LogP contribution in [0.2, 0.25) is 0 Å². The van der Waals surface area contributed by atoms with Crippen molar-refractivity contribution >= 4 is 11.8 Å². The first-order valence-corrected chi connectivity index (χ1v) is 11.5. The molecule has 1 aliphatic heterocycles. The molecule has 1 unspecified atom stereocenters. The fraction of sp³-hybridized carbons (Fsp3) is 0.524. The Bertz CT molecular complexity index is 1130. The summed E-state index contributed by atoms with van der Waals surface area (Å²) >= 11 is 1.63. The SMILES string of the molecule is Cc1ncoc1-c1nnc(SCCCN2C[C@H]3CC3(c3cccc(C(F)(F)F)n3)C2)n1C. The number of thioether (sulfide) groups is 1. The predicted molar refractivity (Wildman–Crippen MR) is 112 cm³/mol. The molecule has 0 bridgehead atoms. The van der Waals surface area contributed by atoms with Crippen molar-refractivity contribution in [2.24, 2.45) is 13.0 Å². The molecule has 0 radical (unpaired) electrons. The standard InChI is InChI=1S/C21H23F3N6OS/c1-13-17(31-12-25-13)18-27-28-19(29(18)2)32-8-4-7-30-10-14-9-20(14,11-30)15-5-3-6-16(26-15)21(22,23)24/h3,5-6,12,14H,4,7-11H2,1-2H3/t14-,20?/m1/s1. The number of fused-ring (bicyclic) bond motifs is 1. The number of hydrogen-bond donors (Lipinski definition) is 0. The van der Waals surface area contributed by atoms with E-state index in [4.69, 9.17) is 4.42 Å². The second kappa shape index (κ2) is 7.87. The number of halogens is 3. The summed E-state index contributed by atoms with van der Waals surface area (Å²) in [4.78, 5) is 10.4. The molecule has 170 valence electrons. The lowest BCUT2D eigenvalue weighted by Crippen LogP contribution is -2.28. The molecule has 2 fully saturated rings. The van der Waals surface area contributed by atoms with Gasteiger partial charge in [-0.15, -0.1) is 10.2 Å². The highest BCUT2D eigenvalue weighted by Crippen LogP contribution is 2.58. The van der Waals surface area contributed by atoms with Gasteiger partial charge in [0.1, 0.15) is 5.69 Å². The van der Waals surface area contributed by atoms with Crippen LogP contribution in [0, 0.1) is 12.8 Å². The van der Waals surface area contributed by atoms with Crippen LogP contribution < -0.4 is 0 Å². The Labute approximate surface area is 187 Å². The molecule has 1 saturated heterocycles. The second-order valence-electron chi connectivity index (χ2n) is 8.53. The zero-order chi connectivity index (χ0) is 22.5. The Hall–Kier alpha value is -2.40. The monoisotopic (exact) mass is 464 g/mol. The van der Waals surface area contributed by atoms with Gasteiger partial charge in [0.15, 0.2) is 17.3 Å². The van der Waals surface area contributed by atoms with Crippen molar-refractivity contribution in [3.63, 3.8) is 0 Å². The highest BCUT2D eigenvalue weighted by Gasteiger charge is 2.61. The largest absolute Gasteiger partial charge is 0.440 e. The number of aryl methyl sites for hydroxylation is 1. The maximum absolute atomic E-state index is 13.0. The Balaban J connectivity index is 1.14. The number of aromatic nitrogens is 5. The minimum atomic E-state index is -4.40. The Morgan fingerprint density at radius 2 is 2.12 bits per heavy atom. The third-order valence-corrected chi connectivity index (χ3v) is 7.51. The van der Waals surface area contributed by atoms with Crippen molar-refractivity contribution in [1.29, 1.82) is 0 Å². The molecule has 0 aromatic carbocycles. The molecule has 3 aromatic heterocycles. The first-order valence-electron chi connectivity index (χ1n) is 10.5. The maximum Gasteiger partial charge on any atom is 0.433 e. The molecule has 2 aliphatic rings. The Kier molecular flexibility index (Phi) is 5.28. The molecule has 5 rings (SSSR count). The lowest BCUT2D eigenvalue weighted by molar-refractivity contribution is -0.141. The second-order valence-corrected chi connectivity index (χ2v) is 9.59. The van der Waals surface area contributed by atoms with E-state index in [1.54, 1.807) is 17.8 Å². The third kappa shape index (κ3) is 3.81. The molecule has 0 N–H and O–H groups in total. The molecular formula is C21H23F3N6OS. The summed E-state index contributed by atoms with van der Waals surface area (Å²) in [6, 6.07) is 4.27. The van der Waals surface area contributed by atoms with Crippen LogP contribution in [0.25, 0.3) is 11.6 Å². The van der Waals surface area contributed by atoms with Crippen LogP contribution in [-0.4, -0.2) is 55.0 Å². The van der Waals surface area contributed by atoms with E-state index < -0.39 is 11.9 Å². The zero-order valence-electron chi connectivity index (χ0n) is 17.8. The lowest BCUT2D eigenvalue weighted by atomic mass is 10.0. The van der Waals surface area contributed by atoms with Crippen LogP contribution in [0.1, 0.15) is 29.9 Å². The molecule has 2 atom stereocenters. The van der Waals surface area contributed by atoms with Gasteiger partial charge < -0.3 is 13.9 Å². The molecule has 0 amide bonds. The van der Waals surface area contributed by atoms with Crippen molar-refractivity contribution in [3.05, 3.63) is 41.7 Å². The van der Waals surface area contributed by atoms with Crippen LogP contribution in [-0.2, 0) is 18.6 Å². The van der Waals surface area contributed by atoms with Crippen LogP contribution >= 0.6 is 11.8 Å². The van der Waals surface area contributed by atoms with E-state index in [1.165, 1.54) is 12.5 Å². The van der Waals surface area contributed by atoms with Gasteiger partial charge in [-0.3, -0.25) is 0 Å². The van der Waals surface area contributed by atoms with E-state index >= 15 is 0 Å². The number of oxazole rings is 1. The summed E-state index contributed by atoms with van der Waals surface area (Å²) in [6.45, 7) is 4.45. The summed E-state index contributed by atoms with van der Waals surface area (Å²) < 4.78 is 46.5. The van der Waals surface area contributed by atoms with Crippen LogP contribution in [0.15, 0.2) is 34.2 Å². The highest BCUT2D eigenvalue weighted by molar-refractivity contribution is 7.99. The van der Waals surface area contributed by atoms with Crippen LogP contribution in [0.5, 0.6) is 0 Å². The lowest BCUT2D eigenvalue weighted by Gasteiger charge is -2.21. The molecule has 11 heteroatoms. The molecule has 4 heterocycles. The summed E-state index contributed by atoms with van der Waals surface area (Å²) in [5, 5.41) is 9.28. The fourth-order valence-corrected chi connectivity index (χ4v) is 5.47. The third-order valence-electron chi connectivity index (χ3n) is 6.40. The number of alkyl halides is 3. The predicted octanol–water partition coefficient (Wildman–Crippen LogP) is 3.95. The smallest absolute Gasteiger partial charge is 0.433 e. The molecule has 1 saturated carbocycles. The van der Waals surface area contributed by atoms with Gasteiger partial charge in [-0.2, -0.15) is 13.2 Å². The van der Waals surface area contributed by atoms with Crippen molar-refractivity contribution in [1.82, 2.24) is 29.6 Å². The van der Waals surface area contributed by atoms with Gasteiger partial charge in [0.2, 0.25) is 5.82 Å². The first kappa shape index (κ1) is 21.4. The van der Waals surface area contributed by atoms with Crippen molar-refractivity contribution in [3.8, 4) is 11.6 Å². The quantitative estimate of drug-likeness (QED) is 0.387. The topological polar surface area (TPSA) is 72.9 Å². The minimum absolute atomic E-state index is 0.207. The average Bonchev–Trinajstić information content (AvgIpc) is 3.05. The number of piperidine rings is 1. The molecule has 32 heavy (non-hydrogen) atoms. The van der Waals surface area contributed by atoms with Crippen molar-refractivity contribution in [2.75, 3.05) is 25.4 Å². The van der Waals surface area contributed by atoms with Gasteiger partial charge in [-0.25, -0.2) is 9.97 Å².